The van der Waals surface area contributed by atoms with Crippen LogP contribution in [0.15, 0.2) is 0 Å². The fraction of sp³-hybridized carbons (Fsp3) is 1.00. The Balaban J connectivity index is 2.50. The molecule has 1 rings (SSSR count). The van der Waals surface area contributed by atoms with Crippen molar-refractivity contribution >= 4 is 0 Å². The Bertz CT molecular complexity index is 123. The molecule has 1 N–H and O–H groups in total. The summed E-state index contributed by atoms with van der Waals surface area (Å²) in [6, 6.07) is 0.678. The molecule has 1 heterocycles. The Morgan fingerprint density at radius 3 is 2.45 bits per heavy atom. The van der Waals surface area contributed by atoms with E-state index in [0.29, 0.717) is 12.2 Å². The molecular weight excluding hydrogens is 136 g/mol. The summed E-state index contributed by atoms with van der Waals surface area (Å²) in [6.07, 6.45) is 1.92. The monoisotopic (exact) mass is 156 g/mol. The second-order valence-electron chi connectivity index (χ2n) is 3.94. The zero-order chi connectivity index (χ0) is 8.43. The second kappa shape index (κ2) is 3.55. The Morgan fingerprint density at radius 1 is 1.45 bits per heavy atom. The summed E-state index contributed by atoms with van der Waals surface area (Å²) in [5, 5.41) is 3.35. The average Bonchev–Trinajstić information content (AvgIpc) is 2.30. The van der Waals surface area contributed by atoms with Gasteiger partial charge in [-0.15, -0.1) is 0 Å². The Hall–Kier alpha value is -0.0800. The molecule has 2 unspecified atom stereocenters. The standard InChI is InChI=1S/C9H20N2/c1-7(2)11-6-8(3)5-9(11)10-4/h7-10H,5-6H2,1-4H3. The summed E-state index contributed by atoms with van der Waals surface area (Å²) in [5.74, 6) is 0.856. The molecule has 2 atom stereocenters. The van der Waals surface area contributed by atoms with Crippen molar-refractivity contribution < 1.29 is 0 Å². The van der Waals surface area contributed by atoms with Gasteiger partial charge in [-0.25, -0.2) is 0 Å². The van der Waals surface area contributed by atoms with Crippen LogP contribution >= 0.6 is 0 Å². The molecule has 0 aromatic heterocycles. The zero-order valence-electron chi connectivity index (χ0n) is 8.09. The van der Waals surface area contributed by atoms with Gasteiger partial charge in [0.2, 0.25) is 0 Å². The summed E-state index contributed by atoms with van der Waals surface area (Å²) in [6.45, 7) is 8.11. The van der Waals surface area contributed by atoms with Crippen molar-refractivity contribution in [1.29, 1.82) is 0 Å². The van der Waals surface area contributed by atoms with E-state index in [0.717, 1.165) is 5.92 Å². The van der Waals surface area contributed by atoms with Gasteiger partial charge < -0.3 is 5.32 Å². The van der Waals surface area contributed by atoms with E-state index in [-0.39, 0.29) is 0 Å². The average molecular weight is 156 g/mol. The van der Waals surface area contributed by atoms with Gasteiger partial charge in [0.05, 0.1) is 6.17 Å². The summed E-state index contributed by atoms with van der Waals surface area (Å²) in [7, 11) is 2.05. The molecule has 2 nitrogen and oxygen atoms in total. The predicted octanol–water partition coefficient (Wildman–Crippen LogP) is 1.28. The van der Waals surface area contributed by atoms with E-state index in [1.54, 1.807) is 0 Å². The van der Waals surface area contributed by atoms with Crippen molar-refractivity contribution in [3.05, 3.63) is 0 Å². The van der Waals surface area contributed by atoms with Crippen molar-refractivity contribution in [3.8, 4) is 0 Å². The molecule has 1 saturated heterocycles. The fourth-order valence-corrected chi connectivity index (χ4v) is 1.93. The van der Waals surface area contributed by atoms with Crippen LogP contribution < -0.4 is 5.32 Å². The van der Waals surface area contributed by atoms with Gasteiger partial charge in [0.25, 0.3) is 0 Å². The molecule has 66 valence electrons. The van der Waals surface area contributed by atoms with Crippen LogP contribution in [0.2, 0.25) is 0 Å². The van der Waals surface area contributed by atoms with Gasteiger partial charge in [-0.2, -0.15) is 0 Å². The minimum Gasteiger partial charge on any atom is -0.305 e. The molecular formula is C9H20N2. The summed E-state index contributed by atoms with van der Waals surface area (Å²) in [5.41, 5.74) is 0. The third-order valence-corrected chi connectivity index (χ3v) is 2.54. The van der Waals surface area contributed by atoms with E-state index < -0.39 is 0 Å². The third-order valence-electron chi connectivity index (χ3n) is 2.54. The molecule has 0 amide bonds. The summed E-state index contributed by atoms with van der Waals surface area (Å²) in [4.78, 5) is 2.53. The summed E-state index contributed by atoms with van der Waals surface area (Å²) >= 11 is 0. The molecule has 1 aliphatic rings. The number of hydrogen-bond donors (Lipinski definition) is 1. The number of nitrogens with one attached hydrogen (secondary N) is 1. The lowest BCUT2D eigenvalue weighted by Crippen LogP contribution is -2.43. The maximum Gasteiger partial charge on any atom is 0.0600 e. The van der Waals surface area contributed by atoms with Gasteiger partial charge in [-0.05, 0) is 33.2 Å². The van der Waals surface area contributed by atoms with Crippen molar-refractivity contribution in [2.75, 3.05) is 13.6 Å². The van der Waals surface area contributed by atoms with Gasteiger partial charge in [-0.3, -0.25) is 4.90 Å². The lowest BCUT2D eigenvalue weighted by molar-refractivity contribution is 0.181. The van der Waals surface area contributed by atoms with E-state index in [2.05, 4.69) is 38.0 Å². The van der Waals surface area contributed by atoms with Crippen molar-refractivity contribution in [1.82, 2.24) is 10.2 Å². The molecule has 11 heavy (non-hydrogen) atoms. The highest BCUT2D eigenvalue weighted by atomic mass is 15.3. The SMILES string of the molecule is CNC1CC(C)CN1C(C)C. The molecule has 0 aromatic rings. The van der Waals surface area contributed by atoms with Crippen molar-refractivity contribution in [3.63, 3.8) is 0 Å². The van der Waals surface area contributed by atoms with Crippen LogP contribution in [0.4, 0.5) is 0 Å². The first kappa shape index (κ1) is 9.01. The lowest BCUT2D eigenvalue weighted by atomic mass is 10.1. The van der Waals surface area contributed by atoms with Crippen LogP contribution in [-0.4, -0.2) is 30.7 Å². The smallest absolute Gasteiger partial charge is 0.0600 e. The number of rotatable bonds is 2. The minimum atomic E-state index is 0.616. The highest BCUT2D eigenvalue weighted by Crippen LogP contribution is 2.22. The third kappa shape index (κ3) is 1.94. The Kier molecular flexibility index (Phi) is 2.90. The molecule has 1 aliphatic heterocycles. The first-order valence-corrected chi connectivity index (χ1v) is 4.58. The van der Waals surface area contributed by atoms with Gasteiger partial charge in [0.1, 0.15) is 0 Å². The summed E-state index contributed by atoms with van der Waals surface area (Å²) < 4.78 is 0. The molecule has 0 saturated carbocycles. The minimum absolute atomic E-state index is 0.616. The maximum absolute atomic E-state index is 3.35. The van der Waals surface area contributed by atoms with Gasteiger partial charge in [-0.1, -0.05) is 6.92 Å². The van der Waals surface area contributed by atoms with Crippen LogP contribution in [0.3, 0.4) is 0 Å². The number of nitrogens with zero attached hydrogens (tertiary/aromatic N) is 1. The molecule has 0 spiro atoms. The van der Waals surface area contributed by atoms with E-state index in [9.17, 15) is 0 Å². The van der Waals surface area contributed by atoms with Crippen LogP contribution in [0, 0.1) is 5.92 Å². The topological polar surface area (TPSA) is 15.3 Å². The van der Waals surface area contributed by atoms with Crippen LogP contribution in [0.25, 0.3) is 0 Å². The highest BCUT2D eigenvalue weighted by Gasteiger charge is 2.29. The number of likely N-dealkylation sites (tertiary alicyclic amines) is 1. The van der Waals surface area contributed by atoms with Crippen molar-refractivity contribution in [2.45, 2.75) is 39.4 Å². The molecule has 0 radical (unpaired) electrons. The fourth-order valence-electron chi connectivity index (χ4n) is 1.93. The Labute approximate surface area is 70.0 Å². The van der Waals surface area contributed by atoms with Crippen LogP contribution in [0.5, 0.6) is 0 Å². The Morgan fingerprint density at radius 2 is 2.09 bits per heavy atom. The van der Waals surface area contributed by atoms with E-state index in [4.69, 9.17) is 0 Å². The van der Waals surface area contributed by atoms with E-state index in [1.807, 2.05) is 0 Å². The molecule has 1 fully saturated rings. The van der Waals surface area contributed by atoms with Crippen LogP contribution in [-0.2, 0) is 0 Å². The lowest BCUT2D eigenvalue weighted by Gasteiger charge is -2.27. The predicted molar refractivity (Wildman–Crippen MR) is 48.5 cm³/mol. The quantitative estimate of drug-likeness (QED) is 0.648. The first-order valence-electron chi connectivity index (χ1n) is 4.58. The molecule has 2 heteroatoms. The second-order valence-corrected chi connectivity index (χ2v) is 3.94. The van der Waals surface area contributed by atoms with Gasteiger partial charge >= 0.3 is 0 Å². The molecule has 0 aromatic carbocycles. The largest absolute Gasteiger partial charge is 0.305 e. The van der Waals surface area contributed by atoms with E-state index in [1.165, 1.54) is 13.0 Å². The highest BCUT2D eigenvalue weighted by molar-refractivity contribution is 4.82. The van der Waals surface area contributed by atoms with Crippen LogP contribution in [0.1, 0.15) is 27.2 Å². The van der Waals surface area contributed by atoms with E-state index >= 15 is 0 Å². The van der Waals surface area contributed by atoms with Gasteiger partial charge in [0.15, 0.2) is 0 Å². The maximum atomic E-state index is 3.35. The van der Waals surface area contributed by atoms with Gasteiger partial charge in [0, 0.05) is 12.6 Å². The zero-order valence-corrected chi connectivity index (χ0v) is 8.09. The first-order chi connectivity index (χ1) is 5.15. The normalized spacial score (nSPS) is 33.5. The molecule has 0 aliphatic carbocycles. The molecule has 0 bridgehead atoms. The number of hydrogen-bond acceptors (Lipinski definition) is 2. The van der Waals surface area contributed by atoms with Crippen molar-refractivity contribution in [2.24, 2.45) is 5.92 Å².